The van der Waals surface area contributed by atoms with E-state index in [1.165, 1.54) is 19.4 Å². The first-order valence-electron chi connectivity index (χ1n) is 4.78. The van der Waals surface area contributed by atoms with Gasteiger partial charge in [-0.15, -0.1) is 0 Å². The molecular weight excluding hydrogens is 134 g/mol. The Balaban J connectivity index is 2.55. The first-order chi connectivity index (χ1) is 5.05. The third-order valence-electron chi connectivity index (χ3n) is 3.45. The second-order valence-electron chi connectivity index (χ2n) is 4.63. The van der Waals surface area contributed by atoms with Crippen LogP contribution in [-0.2, 0) is 0 Å². The predicted octanol–water partition coefficient (Wildman–Crippen LogP) is 2.42. The van der Waals surface area contributed by atoms with Crippen LogP contribution in [0.2, 0.25) is 0 Å². The van der Waals surface area contributed by atoms with Gasteiger partial charge in [-0.2, -0.15) is 0 Å². The standard InChI is InChI=1S/C10H21N/c1-8(2)10(3,4)9-6-5-7-11-9/h8-9,11H,5-7H2,1-4H3. The number of nitrogens with one attached hydrogen (secondary N) is 1. The van der Waals surface area contributed by atoms with Gasteiger partial charge in [0.15, 0.2) is 0 Å². The highest BCUT2D eigenvalue weighted by Crippen LogP contribution is 2.34. The Morgan fingerprint density at radius 3 is 2.36 bits per heavy atom. The fourth-order valence-corrected chi connectivity index (χ4v) is 1.72. The quantitative estimate of drug-likeness (QED) is 0.645. The molecule has 1 saturated heterocycles. The Bertz CT molecular complexity index is 121. The van der Waals surface area contributed by atoms with E-state index in [1.807, 2.05) is 0 Å². The van der Waals surface area contributed by atoms with E-state index in [4.69, 9.17) is 0 Å². The third kappa shape index (κ3) is 1.76. The fourth-order valence-electron chi connectivity index (χ4n) is 1.72. The summed E-state index contributed by atoms with van der Waals surface area (Å²) >= 11 is 0. The van der Waals surface area contributed by atoms with Gasteiger partial charge in [0.1, 0.15) is 0 Å². The molecule has 0 saturated carbocycles. The maximum atomic E-state index is 3.58. The molecule has 1 unspecified atom stereocenters. The molecule has 1 nitrogen and oxygen atoms in total. The molecule has 0 aromatic rings. The lowest BCUT2D eigenvalue weighted by Gasteiger charge is -2.35. The average Bonchev–Trinajstić information content (AvgIpc) is 2.37. The second-order valence-corrected chi connectivity index (χ2v) is 4.63. The van der Waals surface area contributed by atoms with E-state index in [0.717, 1.165) is 12.0 Å². The smallest absolute Gasteiger partial charge is 0.0121 e. The van der Waals surface area contributed by atoms with Gasteiger partial charge in [-0.1, -0.05) is 27.7 Å². The molecule has 0 amide bonds. The van der Waals surface area contributed by atoms with Crippen molar-refractivity contribution in [1.82, 2.24) is 5.32 Å². The van der Waals surface area contributed by atoms with Crippen molar-refractivity contribution >= 4 is 0 Å². The predicted molar refractivity (Wildman–Crippen MR) is 49.6 cm³/mol. The van der Waals surface area contributed by atoms with E-state index in [2.05, 4.69) is 33.0 Å². The van der Waals surface area contributed by atoms with Crippen molar-refractivity contribution in [2.75, 3.05) is 6.54 Å². The SMILES string of the molecule is CC(C)C(C)(C)C1CCCN1. The van der Waals surface area contributed by atoms with Gasteiger partial charge in [-0.3, -0.25) is 0 Å². The number of hydrogen-bond acceptors (Lipinski definition) is 1. The summed E-state index contributed by atoms with van der Waals surface area (Å²) in [6, 6.07) is 0.752. The first-order valence-corrected chi connectivity index (χ1v) is 4.78. The molecule has 1 aliphatic rings. The van der Waals surface area contributed by atoms with E-state index < -0.39 is 0 Å². The van der Waals surface area contributed by atoms with E-state index in [9.17, 15) is 0 Å². The van der Waals surface area contributed by atoms with Crippen LogP contribution in [0, 0.1) is 11.3 Å². The van der Waals surface area contributed by atoms with Crippen molar-refractivity contribution in [1.29, 1.82) is 0 Å². The van der Waals surface area contributed by atoms with Gasteiger partial charge < -0.3 is 5.32 Å². The highest BCUT2D eigenvalue weighted by atomic mass is 15.0. The van der Waals surface area contributed by atoms with Crippen molar-refractivity contribution in [2.45, 2.75) is 46.6 Å². The highest BCUT2D eigenvalue weighted by Gasteiger charge is 2.33. The van der Waals surface area contributed by atoms with Crippen LogP contribution >= 0.6 is 0 Å². The Labute approximate surface area is 70.6 Å². The zero-order valence-corrected chi connectivity index (χ0v) is 8.28. The number of rotatable bonds is 2. The molecule has 66 valence electrons. The van der Waals surface area contributed by atoms with Crippen LogP contribution < -0.4 is 5.32 Å². The lowest BCUT2D eigenvalue weighted by atomic mass is 9.74. The van der Waals surface area contributed by atoms with E-state index in [0.29, 0.717) is 5.41 Å². The summed E-state index contributed by atoms with van der Waals surface area (Å²) in [5.74, 6) is 0.776. The van der Waals surface area contributed by atoms with Gasteiger partial charge >= 0.3 is 0 Å². The molecule has 0 aromatic heterocycles. The molecule has 1 fully saturated rings. The largest absolute Gasteiger partial charge is 0.313 e. The van der Waals surface area contributed by atoms with Crippen LogP contribution in [0.25, 0.3) is 0 Å². The van der Waals surface area contributed by atoms with Gasteiger partial charge in [-0.25, -0.2) is 0 Å². The van der Waals surface area contributed by atoms with Gasteiger partial charge in [0.05, 0.1) is 0 Å². The minimum Gasteiger partial charge on any atom is -0.313 e. The Kier molecular flexibility index (Phi) is 2.58. The van der Waals surface area contributed by atoms with E-state index >= 15 is 0 Å². The van der Waals surface area contributed by atoms with Crippen LogP contribution in [0.3, 0.4) is 0 Å². The minimum atomic E-state index is 0.469. The summed E-state index contributed by atoms with van der Waals surface area (Å²) in [6.07, 6.45) is 2.73. The van der Waals surface area contributed by atoms with Crippen molar-refractivity contribution in [3.05, 3.63) is 0 Å². The van der Waals surface area contributed by atoms with Crippen LogP contribution in [0.1, 0.15) is 40.5 Å². The lowest BCUT2D eigenvalue weighted by molar-refractivity contribution is 0.179. The van der Waals surface area contributed by atoms with Crippen molar-refractivity contribution < 1.29 is 0 Å². The van der Waals surface area contributed by atoms with Gasteiger partial charge in [0.2, 0.25) is 0 Å². The summed E-state index contributed by atoms with van der Waals surface area (Å²) in [5.41, 5.74) is 0.469. The van der Waals surface area contributed by atoms with Crippen molar-refractivity contribution in [2.24, 2.45) is 11.3 Å². The van der Waals surface area contributed by atoms with E-state index in [1.54, 1.807) is 0 Å². The zero-order valence-electron chi connectivity index (χ0n) is 8.28. The number of hydrogen-bond donors (Lipinski definition) is 1. The van der Waals surface area contributed by atoms with E-state index in [-0.39, 0.29) is 0 Å². The molecule has 1 atom stereocenters. The Morgan fingerprint density at radius 2 is 2.00 bits per heavy atom. The summed E-state index contributed by atoms with van der Waals surface area (Å²) < 4.78 is 0. The normalized spacial score (nSPS) is 26.5. The fraction of sp³-hybridized carbons (Fsp3) is 1.00. The molecule has 0 aliphatic carbocycles. The molecule has 1 N–H and O–H groups in total. The molecule has 11 heavy (non-hydrogen) atoms. The molecular formula is C10H21N. The maximum Gasteiger partial charge on any atom is 0.0121 e. The van der Waals surface area contributed by atoms with Crippen LogP contribution in [-0.4, -0.2) is 12.6 Å². The molecule has 1 aliphatic heterocycles. The summed E-state index contributed by atoms with van der Waals surface area (Å²) in [6.45, 7) is 10.6. The van der Waals surface area contributed by atoms with Gasteiger partial charge in [-0.05, 0) is 30.7 Å². The first kappa shape index (κ1) is 9.05. The summed E-state index contributed by atoms with van der Waals surface area (Å²) in [4.78, 5) is 0. The average molecular weight is 155 g/mol. The Hall–Kier alpha value is -0.0400. The molecule has 1 heteroatoms. The Morgan fingerprint density at radius 1 is 1.36 bits per heavy atom. The highest BCUT2D eigenvalue weighted by molar-refractivity contribution is 4.89. The topological polar surface area (TPSA) is 12.0 Å². The van der Waals surface area contributed by atoms with Gasteiger partial charge in [0.25, 0.3) is 0 Å². The van der Waals surface area contributed by atoms with Crippen molar-refractivity contribution in [3.8, 4) is 0 Å². The van der Waals surface area contributed by atoms with Crippen LogP contribution in [0.4, 0.5) is 0 Å². The summed E-state index contributed by atoms with van der Waals surface area (Å²) in [7, 11) is 0. The zero-order chi connectivity index (χ0) is 8.48. The van der Waals surface area contributed by atoms with Gasteiger partial charge in [0, 0.05) is 6.04 Å². The third-order valence-corrected chi connectivity index (χ3v) is 3.45. The molecule has 1 rings (SSSR count). The molecule has 0 spiro atoms. The van der Waals surface area contributed by atoms with Crippen molar-refractivity contribution in [3.63, 3.8) is 0 Å². The molecule has 0 aromatic carbocycles. The minimum absolute atomic E-state index is 0.469. The monoisotopic (exact) mass is 155 g/mol. The summed E-state index contributed by atoms with van der Waals surface area (Å²) in [5, 5.41) is 3.58. The second kappa shape index (κ2) is 3.14. The lowest BCUT2D eigenvalue weighted by Crippen LogP contribution is -2.40. The molecule has 1 heterocycles. The van der Waals surface area contributed by atoms with Crippen LogP contribution in [0.15, 0.2) is 0 Å². The van der Waals surface area contributed by atoms with Crippen LogP contribution in [0.5, 0.6) is 0 Å². The maximum absolute atomic E-state index is 3.58. The molecule has 0 radical (unpaired) electrons. The molecule has 0 bridgehead atoms.